The van der Waals surface area contributed by atoms with Gasteiger partial charge in [-0.1, -0.05) is 33.8 Å². The molecule has 3 rings (SSSR count). The maximum atomic E-state index is 6.59. The molecule has 1 aliphatic carbocycles. The van der Waals surface area contributed by atoms with Gasteiger partial charge in [-0.25, -0.2) is 0 Å². The summed E-state index contributed by atoms with van der Waals surface area (Å²) < 4.78 is 6.34. The molecule has 2 aromatic carbocycles. The van der Waals surface area contributed by atoms with E-state index < -0.39 is 9.04 Å². The Labute approximate surface area is 146 Å². The van der Waals surface area contributed by atoms with Crippen molar-refractivity contribution in [2.75, 3.05) is 11.5 Å². The first-order valence-corrected chi connectivity index (χ1v) is 11.4. The highest BCUT2D eigenvalue weighted by molar-refractivity contribution is 6.49. The fourth-order valence-corrected chi connectivity index (χ4v) is 4.39. The van der Waals surface area contributed by atoms with Crippen LogP contribution in [0.5, 0.6) is 5.75 Å². The molecule has 24 heavy (non-hydrogen) atoms. The summed E-state index contributed by atoms with van der Waals surface area (Å²) in [6.07, 6.45) is 0. The van der Waals surface area contributed by atoms with Crippen molar-refractivity contribution in [3.05, 3.63) is 41.0 Å². The lowest BCUT2D eigenvalue weighted by Crippen LogP contribution is -2.19. The van der Waals surface area contributed by atoms with E-state index >= 15 is 0 Å². The maximum absolute atomic E-state index is 6.59. The van der Waals surface area contributed by atoms with Crippen molar-refractivity contribution in [1.29, 1.82) is 0 Å². The Balaban J connectivity index is 2.34. The fourth-order valence-electron chi connectivity index (χ4n) is 3.67. The van der Waals surface area contributed by atoms with Gasteiger partial charge in [-0.2, -0.15) is 0 Å². The van der Waals surface area contributed by atoms with Gasteiger partial charge in [-0.3, -0.25) is 0 Å². The Hall–Kier alpha value is -1.94. The molecule has 0 bridgehead atoms. The third kappa shape index (κ3) is 2.59. The third-order valence-electron chi connectivity index (χ3n) is 4.79. The second kappa shape index (κ2) is 5.55. The van der Waals surface area contributed by atoms with Crippen LogP contribution in [0.25, 0.3) is 11.1 Å². The number of hydrogen-bond acceptors (Lipinski definition) is 3. The number of fused-ring (bicyclic) bond motifs is 3. The molecule has 4 N–H and O–H groups in total. The van der Waals surface area contributed by atoms with E-state index in [2.05, 4.69) is 59.0 Å². The Morgan fingerprint density at radius 2 is 1.71 bits per heavy atom. The first-order chi connectivity index (χ1) is 11.1. The van der Waals surface area contributed by atoms with Gasteiger partial charge >= 0.3 is 0 Å². The number of hydrogen-bond donors (Lipinski definition) is 2. The molecule has 0 saturated heterocycles. The summed E-state index contributed by atoms with van der Waals surface area (Å²) in [5.41, 5.74) is 20.3. The fraction of sp³-hybridized carbons (Fsp3) is 0.400. The van der Waals surface area contributed by atoms with Crippen LogP contribution in [0.1, 0.15) is 50.3 Å². The van der Waals surface area contributed by atoms with Crippen LogP contribution in [-0.2, 0) is 5.41 Å². The van der Waals surface area contributed by atoms with Crippen molar-refractivity contribution < 1.29 is 4.43 Å². The van der Waals surface area contributed by atoms with E-state index in [1.165, 1.54) is 22.3 Å². The second-order valence-corrected chi connectivity index (χ2v) is 10.4. The molecule has 1 unspecified atom stereocenters. The predicted molar refractivity (Wildman–Crippen MR) is 106 cm³/mol. The molecule has 0 heterocycles. The smallest absolute Gasteiger partial charge is 0.229 e. The van der Waals surface area contributed by atoms with Gasteiger partial charge in [-0.15, -0.1) is 0 Å². The van der Waals surface area contributed by atoms with Gasteiger partial charge in [0.2, 0.25) is 9.04 Å². The van der Waals surface area contributed by atoms with Crippen LogP contribution in [0.3, 0.4) is 0 Å². The standard InChI is InChI=1S/C20H28N2OSi/c1-11-14-9-12(21)7-8-13(14)15-10-16(20(2,3)4)18(22)19(17(11)15)23-24(5)6/h7-11,24H,21-22H2,1-6H3. The van der Waals surface area contributed by atoms with Gasteiger partial charge in [0.05, 0.1) is 5.69 Å². The van der Waals surface area contributed by atoms with E-state index in [4.69, 9.17) is 15.9 Å². The van der Waals surface area contributed by atoms with E-state index in [9.17, 15) is 0 Å². The molecule has 0 radical (unpaired) electrons. The lowest BCUT2D eigenvalue weighted by atomic mass is 9.82. The molecule has 1 atom stereocenters. The minimum absolute atomic E-state index is 0.0322. The van der Waals surface area contributed by atoms with Crippen molar-refractivity contribution >= 4 is 20.4 Å². The summed E-state index contributed by atoms with van der Waals surface area (Å²) in [5, 5.41) is 0. The SMILES string of the molecule is CC1c2cc(N)ccc2-c2cc(C(C)(C)C)c(N)c(O[SiH](C)C)c21. The lowest BCUT2D eigenvalue weighted by molar-refractivity contribution is 0.558. The maximum Gasteiger partial charge on any atom is 0.229 e. The van der Waals surface area contributed by atoms with Crippen LogP contribution < -0.4 is 15.9 Å². The number of benzene rings is 2. The monoisotopic (exact) mass is 340 g/mol. The van der Waals surface area contributed by atoms with Crippen LogP contribution in [-0.4, -0.2) is 9.04 Å². The molecule has 0 saturated carbocycles. The highest BCUT2D eigenvalue weighted by Gasteiger charge is 2.33. The molecule has 0 aliphatic heterocycles. The Kier molecular flexibility index (Phi) is 3.91. The van der Waals surface area contributed by atoms with E-state index in [0.717, 1.165) is 22.7 Å². The molecule has 2 aromatic rings. The first-order valence-electron chi connectivity index (χ1n) is 8.64. The van der Waals surface area contributed by atoms with Gasteiger partial charge in [0.15, 0.2) is 0 Å². The molecular weight excluding hydrogens is 312 g/mol. The van der Waals surface area contributed by atoms with Gasteiger partial charge in [0.1, 0.15) is 5.75 Å². The highest BCUT2D eigenvalue weighted by atomic mass is 28.3. The second-order valence-electron chi connectivity index (χ2n) is 8.11. The van der Waals surface area contributed by atoms with Crippen molar-refractivity contribution in [2.24, 2.45) is 0 Å². The van der Waals surface area contributed by atoms with Gasteiger partial charge in [-0.05, 0) is 59.0 Å². The van der Waals surface area contributed by atoms with Crippen molar-refractivity contribution in [1.82, 2.24) is 0 Å². The van der Waals surface area contributed by atoms with Gasteiger partial charge < -0.3 is 15.9 Å². The number of nitrogen functional groups attached to an aromatic ring is 2. The van der Waals surface area contributed by atoms with E-state index in [1.807, 2.05) is 6.07 Å². The lowest BCUT2D eigenvalue weighted by Gasteiger charge is -2.27. The molecular formula is C20H28N2OSi. The molecule has 0 fully saturated rings. The summed E-state index contributed by atoms with van der Waals surface area (Å²) in [5.74, 6) is 1.15. The summed E-state index contributed by atoms with van der Waals surface area (Å²) in [4.78, 5) is 0. The summed E-state index contributed by atoms with van der Waals surface area (Å²) in [6, 6.07) is 8.46. The highest BCUT2D eigenvalue weighted by Crippen LogP contribution is 2.53. The van der Waals surface area contributed by atoms with Crippen LogP contribution in [0, 0.1) is 0 Å². The molecule has 1 aliphatic rings. The number of rotatable bonds is 2. The van der Waals surface area contributed by atoms with Crippen molar-refractivity contribution in [3.63, 3.8) is 0 Å². The number of anilines is 2. The minimum atomic E-state index is -1.27. The third-order valence-corrected chi connectivity index (χ3v) is 5.49. The largest absolute Gasteiger partial charge is 0.545 e. The van der Waals surface area contributed by atoms with Crippen LogP contribution >= 0.6 is 0 Å². The molecule has 128 valence electrons. The quantitative estimate of drug-likeness (QED) is 0.618. The average molecular weight is 341 g/mol. The van der Waals surface area contributed by atoms with Crippen molar-refractivity contribution in [2.45, 2.75) is 52.1 Å². The van der Waals surface area contributed by atoms with E-state index in [0.29, 0.717) is 0 Å². The van der Waals surface area contributed by atoms with Gasteiger partial charge in [0, 0.05) is 17.2 Å². The van der Waals surface area contributed by atoms with Crippen LogP contribution in [0.4, 0.5) is 11.4 Å². The van der Waals surface area contributed by atoms with Gasteiger partial charge in [0.25, 0.3) is 0 Å². The zero-order valence-corrected chi connectivity index (χ0v) is 16.7. The molecule has 0 spiro atoms. The topological polar surface area (TPSA) is 61.3 Å². The molecule has 4 heteroatoms. The zero-order chi connectivity index (χ0) is 17.8. The van der Waals surface area contributed by atoms with Crippen molar-refractivity contribution in [3.8, 4) is 16.9 Å². The normalized spacial score (nSPS) is 16.2. The van der Waals surface area contributed by atoms with E-state index in [-0.39, 0.29) is 11.3 Å². The molecule has 0 aromatic heterocycles. The number of nitrogens with two attached hydrogens (primary N) is 2. The average Bonchev–Trinajstić information content (AvgIpc) is 2.73. The minimum Gasteiger partial charge on any atom is -0.545 e. The Morgan fingerprint density at radius 3 is 2.29 bits per heavy atom. The zero-order valence-electron chi connectivity index (χ0n) is 15.5. The van der Waals surface area contributed by atoms with Crippen LogP contribution in [0.15, 0.2) is 24.3 Å². The first kappa shape index (κ1) is 16.9. The van der Waals surface area contributed by atoms with E-state index in [1.54, 1.807) is 0 Å². The molecule has 0 amide bonds. The predicted octanol–water partition coefficient (Wildman–Crippen LogP) is 4.64. The summed E-state index contributed by atoms with van der Waals surface area (Å²) in [7, 11) is -1.27. The summed E-state index contributed by atoms with van der Waals surface area (Å²) >= 11 is 0. The van der Waals surface area contributed by atoms with Crippen LogP contribution in [0.2, 0.25) is 13.1 Å². The summed E-state index contributed by atoms with van der Waals surface area (Å²) in [6.45, 7) is 13.2. The molecule has 3 nitrogen and oxygen atoms in total. The Bertz CT molecular complexity index is 806. The Morgan fingerprint density at radius 1 is 1.04 bits per heavy atom.